The highest BCUT2D eigenvalue weighted by atomic mass is 35.5. The van der Waals surface area contributed by atoms with E-state index in [1.165, 1.54) is 6.33 Å². The fourth-order valence-electron chi connectivity index (χ4n) is 1.60. The number of rotatable bonds is 5. The third-order valence-corrected chi connectivity index (χ3v) is 4.28. The summed E-state index contributed by atoms with van der Waals surface area (Å²) in [7, 11) is -4.01. The van der Waals surface area contributed by atoms with Crippen LogP contribution in [0.25, 0.3) is 0 Å². The number of nitrogens with two attached hydrogens (primary N) is 1. The van der Waals surface area contributed by atoms with E-state index in [0.29, 0.717) is 6.42 Å². The van der Waals surface area contributed by atoms with E-state index >= 15 is 0 Å². The first-order valence-electron chi connectivity index (χ1n) is 5.61. The molecule has 2 rings (SSSR count). The van der Waals surface area contributed by atoms with Gasteiger partial charge < -0.3 is 10.7 Å². The molecule has 0 aliphatic heterocycles. The van der Waals surface area contributed by atoms with Crippen molar-refractivity contribution >= 4 is 27.3 Å². The normalized spacial score (nSPS) is 11.7. The number of imidazole rings is 1. The molecule has 0 unspecified atom stereocenters. The maximum atomic E-state index is 13.8. The van der Waals surface area contributed by atoms with Crippen LogP contribution in [0, 0.1) is 5.82 Å². The highest BCUT2D eigenvalue weighted by molar-refractivity contribution is 7.89. The smallest absolute Gasteiger partial charge is 0.243 e. The molecule has 6 nitrogen and oxygen atoms in total. The lowest BCUT2D eigenvalue weighted by atomic mass is 10.3. The summed E-state index contributed by atoms with van der Waals surface area (Å²) in [6, 6.07) is 2.18. The molecule has 4 N–H and O–H groups in total. The largest absolute Gasteiger partial charge is 0.399 e. The van der Waals surface area contributed by atoms with Crippen LogP contribution in [-0.2, 0) is 16.4 Å². The summed E-state index contributed by atoms with van der Waals surface area (Å²) in [6.45, 7) is 0.0936. The second-order valence-corrected chi connectivity index (χ2v) is 6.18. The van der Waals surface area contributed by atoms with E-state index in [0.717, 1.165) is 17.8 Å². The third-order valence-electron chi connectivity index (χ3n) is 2.55. The second-order valence-electron chi connectivity index (χ2n) is 4.04. The van der Waals surface area contributed by atoms with Gasteiger partial charge in [0.25, 0.3) is 0 Å². The first-order valence-corrected chi connectivity index (χ1v) is 7.47. The Labute approximate surface area is 120 Å². The molecule has 2 aromatic rings. The molecular formula is C11H12ClFN4O2S. The van der Waals surface area contributed by atoms with Crippen LogP contribution in [-0.4, -0.2) is 24.9 Å². The van der Waals surface area contributed by atoms with Gasteiger partial charge in [0.05, 0.1) is 11.3 Å². The van der Waals surface area contributed by atoms with E-state index in [2.05, 4.69) is 14.7 Å². The zero-order chi connectivity index (χ0) is 14.8. The lowest BCUT2D eigenvalue weighted by molar-refractivity contribution is 0.557. The van der Waals surface area contributed by atoms with Gasteiger partial charge >= 0.3 is 0 Å². The second kappa shape index (κ2) is 5.78. The van der Waals surface area contributed by atoms with E-state index in [1.54, 1.807) is 6.20 Å². The number of sulfonamides is 1. The van der Waals surface area contributed by atoms with Crippen molar-refractivity contribution in [3.05, 3.63) is 41.2 Å². The summed E-state index contributed by atoms with van der Waals surface area (Å²) in [5, 5.41) is -0.334. The molecule has 0 spiro atoms. The molecule has 20 heavy (non-hydrogen) atoms. The molecule has 0 saturated heterocycles. The molecule has 0 atom stereocenters. The van der Waals surface area contributed by atoms with Gasteiger partial charge in [-0.3, -0.25) is 0 Å². The molecule has 0 fully saturated rings. The maximum absolute atomic E-state index is 13.8. The molecular weight excluding hydrogens is 307 g/mol. The van der Waals surface area contributed by atoms with Crippen molar-refractivity contribution in [2.45, 2.75) is 11.3 Å². The molecule has 0 amide bonds. The van der Waals surface area contributed by atoms with Gasteiger partial charge in [0.1, 0.15) is 4.90 Å². The predicted octanol–water partition coefficient (Wildman–Crippen LogP) is 1.31. The fourth-order valence-corrected chi connectivity index (χ4v) is 3.05. The van der Waals surface area contributed by atoms with Crippen molar-refractivity contribution in [1.29, 1.82) is 0 Å². The van der Waals surface area contributed by atoms with E-state index in [4.69, 9.17) is 17.3 Å². The highest BCUT2D eigenvalue weighted by Crippen LogP contribution is 2.25. The number of aromatic nitrogens is 2. The minimum absolute atomic E-state index is 0.0744. The Kier molecular flexibility index (Phi) is 4.26. The molecule has 0 radical (unpaired) electrons. The molecule has 9 heteroatoms. The van der Waals surface area contributed by atoms with Gasteiger partial charge in [-0.1, -0.05) is 11.6 Å². The van der Waals surface area contributed by atoms with Crippen LogP contribution in [0.3, 0.4) is 0 Å². The molecule has 0 saturated carbocycles. The van der Waals surface area contributed by atoms with Gasteiger partial charge in [0, 0.05) is 30.5 Å². The van der Waals surface area contributed by atoms with Crippen LogP contribution in [0.2, 0.25) is 5.02 Å². The number of benzene rings is 1. The van der Waals surface area contributed by atoms with Gasteiger partial charge in [-0.2, -0.15) is 0 Å². The average molecular weight is 319 g/mol. The Morgan fingerprint density at radius 3 is 2.85 bits per heavy atom. The Morgan fingerprint density at radius 1 is 1.45 bits per heavy atom. The first-order chi connectivity index (χ1) is 9.40. The molecule has 1 heterocycles. The lowest BCUT2D eigenvalue weighted by Crippen LogP contribution is -2.27. The molecule has 0 aliphatic carbocycles. The maximum Gasteiger partial charge on any atom is 0.243 e. The number of nitrogens with one attached hydrogen (secondary N) is 2. The standard InChI is InChI=1S/C11H12ClFN4O2S/c12-9-3-7(14)4-10(11(9)13)20(18,19)17-2-1-8-5-15-6-16-8/h3-6,17H,1-2,14H2,(H,15,16). The van der Waals surface area contributed by atoms with Gasteiger partial charge in [0.2, 0.25) is 10.0 Å². The monoisotopic (exact) mass is 318 g/mol. The number of halogens is 2. The third kappa shape index (κ3) is 3.27. The number of aromatic amines is 1. The van der Waals surface area contributed by atoms with Crippen LogP contribution in [0.5, 0.6) is 0 Å². The van der Waals surface area contributed by atoms with E-state index < -0.39 is 20.7 Å². The topological polar surface area (TPSA) is 101 Å². The SMILES string of the molecule is Nc1cc(Cl)c(F)c(S(=O)(=O)NCCc2cnc[nH]2)c1. The quantitative estimate of drug-likeness (QED) is 0.723. The van der Waals surface area contributed by atoms with E-state index in [9.17, 15) is 12.8 Å². The van der Waals surface area contributed by atoms with Gasteiger partial charge in [-0.25, -0.2) is 22.5 Å². The van der Waals surface area contributed by atoms with Crippen LogP contribution in [0.1, 0.15) is 5.69 Å². The summed E-state index contributed by atoms with van der Waals surface area (Å²) in [4.78, 5) is 6.07. The first kappa shape index (κ1) is 14.8. The summed E-state index contributed by atoms with van der Waals surface area (Å²) in [5.41, 5.74) is 6.31. The Bertz CT molecular complexity index is 703. The Hall–Kier alpha value is -1.64. The number of nitrogens with zero attached hydrogens (tertiary/aromatic N) is 1. The van der Waals surface area contributed by atoms with Gasteiger partial charge in [0.15, 0.2) is 5.82 Å². The van der Waals surface area contributed by atoms with Crippen molar-refractivity contribution in [2.24, 2.45) is 0 Å². The highest BCUT2D eigenvalue weighted by Gasteiger charge is 2.21. The average Bonchev–Trinajstić information content (AvgIpc) is 2.86. The van der Waals surface area contributed by atoms with Crippen molar-refractivity contribution in [2.75, 3.05) is 12.3 Å². The van der Waals surface area contributed by atoms with Crippen molar-refractivity contribution in [3.63, 3.8) is 0 Å². The van der Waals surface area contributed by atoms with Crippen LogP contribution < -0.4 is 10.5 Å². The van der Waals surface area contributed by atoms with Crippen molar-refractivity contribution in [1.82, 2.24) is 14.7 Å². The Morgan fingerprint density at radius 2 is 2.20 bits per heavy atom. The van der Waals surface area contributed by atoms with Crippen molar-refractivity contribution < 1.29 is 12.8 Å². The molecule has 1 aromatic heterocycles. The molecule has 108 valence electrons. The molecule has 0 aliphatic rings. The summed E-state index contributed by atoms with van der Waals surface area (Å²) < 4.78 is 40.0. The van der Waals surface area contributed by atoms with Crippen LogP contribution in [0.15, 0.2) is 29.6 Å². The zero-order valence-electron chi connectivity index (χ0n) is 10.2. The lowest BCUT2D eigenvalue weighted by Gasteiger charge is -2.09. The minimum Gasteiger partial charge on any atom is -0.399 e. The number of hydrogen-bond acceptors (Lipinski definition) is 4. The predicted molar refractivity (Wildman–Crippen MR) is 73.3 cm³/mol. The zero-order valence-corrected chi connectivity index (χ0v) is 11.8. The minimum atomic E-state index is -4.01. The van der Waals surface area contributed by atoms with Crippen molar-refractivity contribution in [3.8, 4) is 0 Å². The van der Waals surface area contributed by atoms with E-state index in [-0.39, 0.29) is 17.3 Å². The fraction of sp³-hybridized carbons (Fsp3) is 0.182. The van der Waals surface area contributed by atoms with Gasteiger partial charge in [-0.15, -0.1) is 0 Å². The Balaban J connectivity index is 2.14. The molecule has 1 aromatic carbocycles. The number of nitrogen functional groups attached to an aromatic ring is 1. The number of hydrogen-bond donors (Lipinski definition) is 3. The number of H-pyrrole nitrogens is 1. The van der Waals surface area contributed by atoms with Crippen LogP contribution >= 0.6 is 11.6 Å². The number of anilines is 1. The summed E-state index contributed by atoms with van der Waals surface area (Å²) in [5.74, 6) is -1.02. The van der Waals surface area contributed by atoms with Gasteiger partial charge in [-0.05, 0) is 12.1 Å². The van der Waals surface area contributed by atoms with Crippen LogP contribution in [0.4, 0.5) is 10.1 Å². The summed E-state index contributed by atoms with van der Waals surface area (Å²) >= 11 is 5.58. The molecule has 0 bridgehead atoms. The van der Waals surface area contributed by atoms with E-state index in [1.807, 2.05) is 0 Å². The summed E-state index contributed by atoms with van der Waals surface area (Å²) in [6.07, 6.45) is 3.46.